The van der Waals surface area contributed by atoms with Gasteiger partial charge < -0.3 is 11.1 Å². The van der Waals surface area contributed by atoms with E-state index in [0.717, 1.165) is 0 Å². The van der Waals surface area contributed by atoms with Crippen molar-refractivity contribution in [2.45, 2.75) is 31.8 Å². The summed E-state index contributed by atoms with van der Waals surface area (Å²) in [6.07, 6.45) is 1.07. The third-order valence-corrected chi connectivity index (χ3v) is 4.12. The molecular weight excluding hydrogens is 204 g/mol. The summed E-state index contributed by atoms with van der Waals surface area (Å²) in [4.78, 5) is 11.3. The van der Waals surface area contributed by atoms with E-state index >= 15 is 0 Å². The van der Waals surface area contributed by atoms with Crippen LogP contribution in [0, 0.1) is 0 Å². The highest BCUT2D eigenvalue weighted by molar-refractivity contribution is 7.91. The minimum atomic E-state index is -2.93. The molecule has 0 spiro atoms. The number of carbonyl (C=O) groups is 1. The lowest BCUT2D eigenvalue weighted by Gasteiger charge is -2.14. The number of amides is 1. The van der Waals surface area contributed by atoms with E-state index in [1.807, 2.05) is 6.92 Å². The third kappa shape index (κ3) is 2.95. The van der Waals surface area contributed by atoms with Crippen LogP contribution in [0.15, 0.2) is 0 Å². The van der Waals surface area contributed by atoms with Crippen LogP contribution in [0.25, 0.3) is 0 Å². The van der Waals surface area contributed by atoms with Crippen LogP contribution in [0.2, 0.25) is 0 Å². The highest BCUT2D eigenvalue weighted by Crippen LogP contribution is 2.11. The fourth-order valence-electron chi connectivity index (χ4n) is 1.40. The lowest BCUT2D eigenvalue weighted by Crippen LogP contribution is -2.45. The Balaban J connectivity index is 2.44. The van der Waals surface area contributed by atoms with Gasteiger partial charge in [-0.05, 0) is 12.8 Å². The minimum Gasteiger partial charge on any atom is -0.351 e. The number of hydrogen-bond acceptors (Lipinski definition) is 4. The van der Waals surface area contributed by atoms with E-state index in [2.05, 4.69) is 5.32 Å². The molecule has 1 saturated heterocycles. The fraction of sp³-hybridized carbons (Fsp3) is 0.875. The van der Waals surface area contributed by atoms with Gasteiger partial charge in [-0.2, -0.15) is 0 Å². The van der Waals surface area contributed by atoms with Gasteiger partial charge in [-0.1, -0.05) is 6.92 Å². The molecule has 1 fully saturated rings. The first-order valence-electron chi connectivity index (χ1n) is 4.71. The summed E-state index contributed by atoms with van der Waals surface area (Å²) < 4.78 is 22.2. The predicted octanol–water partition coefficient (Wildman–Crippen LogP) is -0.973. The van der Waals surface area contributed by atoms with E-state index in [0.29, 0.717) is 12.8 Å². The molecule has 1 heterocycles. The summed E-state index contributed by atoms with van der Waals surface area (Å²) in [6.45, 7) is 1.82. The van der Waals surface area contributed by atoms with Crippen LogP contribution in [-0.4, -0.2) is 37.9 Å². The smallest absolute Gasteiger partial charge is 0.237 e. The average molecular weight is 220 g/mol. The number of nitrogens with two attached hydrogens (primary N) is 1. The average Bonchev–Trinajstić information content (AvgIpc) is 2.44. The van der Waals surface area contributed by atoms with Crippen molar-refractivity contribution in [3.63, 3.8) is 0 Å². The highest BCUT2D eigenvalue weighted by atomic mass is 32.2. The Kier molecular flexibility index (Phi) is 3.49. The molecule has 0 bridgehead atoms. The summed E-state index contributed by atoms with van der Waals surface area (Å²) in [5.74, 6) is -0.0382. The zero-order valence-electron chi connectivity index (χ0n) is 8.19. The van der Waals surface area contributed by atoms with Crippen molar-refractivity contribution >= 4 is 15.7 Å². The van der Waals surface area contributed by atoms with Gasteiger partial charge in [0.1, 0.15) is 0 Å². The SMILES string of the molecule is CC[C@H](N)C(=O)NC1CCS(=O)(=O)C1. The van der Waals surface area contributed by atoms with Gasteiger partial charge >= 0.3 is 0 Å². The van der Waals surface area contributed by atoms with Crippen LogP contribution in [0.4, 0.5) is 0 Å². The number of nitrogens with one attached hydrogen (secondary N) is 1. The maximum absolute atomic E-state index is 11.3. The van der Waals surface area contributed by atoms with E-state index in [4.69, 9.17) is 5.73 Å². The van der Waals surface area contributed by atoms with Crippen molar-refractivity contribution in [1.29, 1.82) is 0 Å². The first kappa shape index (κ1) is 11.5. The standard InChI is InChI=1S/C8H16N2O3S/c1-2-7(9)8(11)10-6-3-4-14(12,13)5-6/h6-7H,2-5,9H2,1H3,(H,10,11)/t6?,7-/m0/s1. The molecule has 0 aromatic rings. The van der Waals surface area contributed by atoms with E-state index < -0.39 is 15.9 Å². The first-order chi connectivity index (χ1) is 6.44. The second-order valence-electron chi connectivity index (χ2n) is 3.62. The molecule has 1 aliphatic rings. The van der Waals surface area contributed by atoms with Crippen LogP contribution in [0.1, 0.15) is 19.8 Å². The van der Waals surface area contributed by atoms with Crippen LogP contribution >= 0.6 is 0 Å². The Morgan fingerprint density at radius 1 is 1.64 bits per heavy atom. The van der Waals surface area contributed by atoms with Gasteiger partial charge in [-0.15, -0.1) is 0 Å². The molecule has 1 aliphatic heterocycles. The van der Waals surface area contributed by atoms with Gasteiger partial charge in [0.2, 0.25) is 5.91 Å². The zero-order valence-corrected chi connectivity index (χ0v) is 9.01. The molecule has 0 aliphatic carbocycles. The molecule has 6 heteroatoms. The zero-order chi connectivity index (χ0) is 10.8. The number of hydrogen-bond donors (Lipinski definition) is 2. The molecule has 0 aromatic heterocycles. The molecule has 0 aromatic carbocycles. The molecule has 82 valence electrons. The van der Waals surface area contributed by atoms with Gasteiger partial charge in [-0.3, -0.25) is 4.79 Å². The molecule has 14 heavy (non-hydrogen) atoms. The molecule has 3 N–H and O–H groups in total. The van der Waals surface area contributed by atoms with Gasteiger partial charge in [0, 0.05) is 6.04 Å². The highest BCUT2D eigenvalue weighted by Gasteiger charge is 2.29. The Labute approximate surface area is 84.0 Å². The normalized spacial score (nSPS) is 27.1. The molecule has 5 nitrogen and oxygen atoms in total. The van der Waals surface area contributed by atoms with Crippen LogP contribution < -0.4 is 11.1 Å². The van der Waals surface area contributed by atoms with Gasteiger partial charge in [0.15, 0.2) is 9.84 Å². The van der Waals surface area contributed by atoms with Crippen molar-refractivity contribution in [3.8, 4) is 0 Å². The van der Waals surface area contributed by atoms with Crippen LogP contribution in [0.5, 0.6) is 0 Å². The summed E-state index contributed by atoms with van der Waals surface area (Å²) in [5.41, 5.74) is 5.50. The summed E-state index contributed by atoms with van der Waals surface area (Å²) in [7, 11) is -2.93. The van der Waals surface area contributed by atoms with E-state index in [9.17, 15) is 13.2 Å². The van der Waals surface area contributed by atoms with Crippen molar-refractivity contribution in [3.05, 3.63) is 0 Å². The largest absolute Gasteiger partial charge is 0.351 e. The second-order valence-corrected chi connectivity index (χ2v) is 5.85. The van der Waals surface area contributed by atoms with E-state index in [-0.39, 0.29) is 23.5 Å². The summed E-state index contributed by atoms with van der Waals surface area (Å²) in [6, 6.07) is -0.775. The Bertz CT molecular complexity index is 313. The molecule has 2 atom stereocenters. The topological polar surface area (TPSA) is 89.3 Å². The minimum absolute atomic E-state index is 0.0508. The monoisotopic (exact) mass is 220 g/mol. The maximum atomic E-state index is 11.3. The molecule has 0 saturated carbocycles. The quantitative estimate of drug-likeness (QED) is 0.640. The van der Waals surface area contributed by atoms with Crippen LogP contribution in [0.3, 0.4) is 0 Å². The maximum Gasteiger partial charge on any atom is 0.237 e. The predicted molar refractivity (Wildman–Crippen MR) is 53.5 cm³/mol. The Morgan fingerprint density at radius 3 is 2.71 bits per heavy atom. The van der Waals surface area contributed by atoms with E-state index in [1.165, 1.54) is 0 Å². The van der Waals surface area contributed by atoms with Gasteiger partial charge in [0.25, 0.3) is 0 Å². The molecule has 0 radical (unpaired) electrons. The molecular formula is C8H16N2O3S. The van der Waals surface area contributed by atoms with Crippen molar-refractivity contribution < 1.29 is 13.2 Å². The van der Waals surface area contributed by atoms with Crippen molar-refractivity contribution in [2.24, 2.45) is 5.73 Å². The van der Waals surface area contributed by atoms with Gasteiger partial charge in [0.05, 0.1) is 17.5 Å². The Hall–Kier alpha value is -0.620. The van der Waals surface area contributed by atoms with Gasteiger partial charge in [-0.25, -0.2) is 8.42 Å². The van der Waals surface area contributed by atoms with Crippen molar-refractivity contribution in [2.75, 3.05) is 11.5 Å². The Morgan fingerprint density at radius 2 is 2.29 bits per heavy atom. The summed E-state index contributed by atoms with van der Waals surface area (Å²) >= 11 is 0. The number of rotatable bonds is 3. The lowest BCUT2D eigenvalue weighted by atomic mass is 10.2. The first-order valence-corrected chi connectivity index (χ1v) is 6.53. The lowest BCUT2D eigenvalue weighted by molar-refractivity contribution is -0.122. The van der Waals surface area contributed by atoms with E-state index in [1.54, 1.807) is 0 Å². The van der Waals surface area contributed by atoms with Crippen molar-refractivity contribution in [1.82, 2.24) is 5.32 Å². The third-order valence-electron chi connectivity index (χ3n) is 2.36. The number of carbonyl (C=O) groups excluding carboxylic acids is 1. The molecule has 1 unspecified atom stereocenters. The fourth-order valence-corrected chi connectivity index (χ4v) is 3.08. The number of sulfone groups is 1. The molecule has 1 amide bonds. The second kappa shape index (κ2) is 4.27. The summed E-state index contributed by atoms with van der Waals surface area (Å²) in [5, 5.41) is 2.64. The molecule has 1 rings (SSSR count). The van der Waals surface area contributed by atoms with Crippen LogP contribution in [-0.2, 0) is 14.6 Å².